The molecule has 5 aliphatic rings. The number of pyridine rings is 1. The van der Waals surface area contributed by atoms with Gasteiger partial charge in [-0.05, 0) is 72.6 Å². The molecule has 4 aromatic rings. The number of ether oxygens (including phenoxy) is 1. The molecule has 2 aromatic carbocycles. The molecule has 212 valence electrons. The number of benzene rings is 2. The molecule has 1 atom stereocenters. The first kappa shape index (κ1) is 26.9. The van der Waals surface area contributed by atoms with Crippen molar-refractivity contribution in [2.24, 2.45) is 0 Å². The Labute approximate surface area is 236 Å². The Morgan fingerprint density at radius 1 is 1.10 bits per heavy atom. The summed E-state index contributed by atoms with van der Waals surface area (Å²) in [6.07, 6.45) is 5.86. The van der Waals surface area contributed by atoms with Crippen LogP contribution in [0.1, 0.15) is 76.2 Å². The molecule has 0 saturated heterocycles. The summed E-state index contributed by atoms with van der Waals surface area (Å²) in [6.45, 7) is 3.85. The van der Waals surface area contributed by atoms with Gasteiger partial charge >= 0.3 is 5.97 Å². The van der Waals surface area contributed by atoms with Crippen LogP contribution in [-0.4, -0.2) is 55.0 Å². The van der Waals surface area contributed by atoms with E-state index in [1.54, 1.807) is 21.8 Å². The van der Waals surface area contributed by atoms with Gasteiger partial charge in [0, 0.05) is 37.8 Å². The van der Waals surface area contributed by atoms with E-state index < -0.39 is 17.7 Å². The molecule has 0 spiro atoms. The minimum atomic E-state index is -0.923. The number of nitrogens with zero attached hydrogens (tertiary/aromatic N) is 5. The highest BCUT2D eigenvalue weighted by molar-refractivity contribution is 5.94. The van der Waals surface area contributed by atoms with Crippen molar-refractivity contribution in [3.8, 4) is 5.75 Å². The van der Waals surface area contributed by atoms with Crippen molar-refractivity contribution < 1.29 is 23.8 Å². The van der Waals surface area contributed by atoms with Crippen molar-refractivity contribution in [1.82, 2.24) is 24.9 Å². The number of aromatic nitrogens is 4. The fourth-order valence-electron chi connectivity index (χ4n) is 5.93. The molecule has 41 heavy (non-hydrogen) atoms. The molecule has 0 aliphatic carbocycles. The number of carboxylic acid groups (broad SMARTS) is 1. The van der Waals surface area contributed by atoms with Crippen LogP contribution in [0.15, 0.2) is 42.6 Å². The summed E-state index contributed by atoms with van der Waals surface area (Å²) in [4.78, 5) is 31.7. The van der Waals surface area contributed by atoms with Gasteiger partial charge in [-0.2, -0.15) is 0 Å². The van der Waals surface area contributed by atoms with E-state index in [-0.39, 0.29) is 17.9 Å². The number of amides is 1. The molecule has 9 nitrogen and oxygen atoms in total. The summed E-state index contributed by atoms with van der Waals surface area (Å²) in [6, 6.07) is 10.4. The molecule has 0 saturated carbocycles. The smallest absolute Gasteiger partial charge is 0.304 e. The van der Waals surface area contributed by atoms with Gasteiger partial charge in [-0.25, -0.2) is 14.1 Å². The lowest BCUT2D eigenvalue weighted by Crippen LogP contribution is -2.36. The van der Waals surface area contributed by atoms with Gasteiger partial charge in [-0.3, -0.25) is 9.59 Å². The molecule has 2 aromatic heterocycles. The van der Waals surface area contributed by atoms with Crippen LogP contribution in [-0.2, 0) is 24.3 Å². The summed E-state index contributed by atoms with van der Waals surface area (Å²) >= 11 is 0. The molecule has 7 heterocycles. The van der Waals surface area contributed by atoms with Crippen molar-refractivity contribution in [2.75, 3.05) is 13.2 Å². The van der Waals surface area contributed by atoms with Crippen LogP contribution in [0, 0.1) is 12.7 Å². The molecule has 10 heteroatoms. The average molecular weight is 558 g/mol. The number of aryl methyl sites for hydroxylation is 2. The quantitative estimate of drug-likeness (QED) is 0.368. The van der Waals surface area contributed by atoms with Crippen LogP contribution >= 0.6 is 0 Å². The number of rotatable bonds is 2. The lowest BCUT2D eigenvalue weighted by Gasteiger charge is -2.30. The van der Waals surface area contributed by atoms with Crippen LogP contribution in [0.5, 0.6) is 5.75 Å². The Bertz CT molecular complexity index is 1630. The molecule has 1 unspecified atom stereocenters. The summed E-state index contributed by atoms with van der Waals surface area (Å²) in [5.41, 5.74) is 5.86. The third kappa shape index (κ3) is 5.38. The van der Waals surface area contributed by atoms with E-state index in [0.29, 0.717) is 49.6 Å². The summed E-state index contributed by atoms with van der Waals surface area (Å²) in [5.74, 6) is -1.95. The standard InChI is InChI=1S/C31H32FN5O4/c1-19-26-17-33-30-29(19)34-35-37(30)11-4-2-3-5-13-41-23-8-9-24(27(32)15-23)31(40)36-12-10-20-6-7-21(14-22(20)18-36)25(26)16-28(38)39/h6-9,14-15,17,25H,2-5,10-13,16,18H2,1H3,(H,38,39). The molecule has 5 aliphatic heterocycles. The number of carbonyl (C=O) groups excluding carboxylic acids is 1. The molecule has 9 bridgehead atoms. The molecule has 0 fully saturated rings. The Morgan fingerprint density at radius 2 is 1.95 bits per heavy atom. The van der Waals surface area contributed by atoms with E-state index in [1.165, 1.54) is 12.1 Å². The molecule has 9 rings (SSSR count). The van der Waals surface area contributed by atoms with Gasteiger partial charge in [0.05, 0.1) is 18.6 Å². The van der Waals surface area contributed by atoms with Crippen LogP contribution in [0.2, 0.25) is 0 Å². The number of hydrogen-bond donors (Lipinski definition) is 1. The highest BCUT2D eigenvalue weighted by Gasteiger charge is 2.27. The third-order valence-corrected chi connectivity index (χ3v) is 8.21. The van der Waals surface area contributed by atoms with E-state index in [4.69, 9.17) is 4.74 Å². The van der Waals surface area contributed by atoms with Crippen molar-refractivity contribution in [1.29, 1.82) is 0 Å². The summed E-state index contributed by atoms with van der Waals surface area (Å²) in [5, 5.41) is 18.6. The monoisotopic (exact) mass is 557 g/mol. The van der Waals surface area contributed by atoms with Gasteiger partial charge in [-0.1, -0.05) is 29.8 Å². The van der Waals surface area contributed by atoms with E-state index in [2.05, 4.69) is 15.3 Å². The predicted molar refractivity (Wildman–Crippen MR) is 149 cm³/mol. The largest absolute Gasteiger partial charge is 0.493 e. The third-order valence-electron chi connectivity index (χ3n) is 8.21. The lowest BCUT2D eigenvalue weighted by molar-refractivity contribution is -0.137. The zero-order valence-electron chi connectivity index (χ0n) is 23.0. The second kappa shape index (κ2) is 11.3. The van der Waals surface area contributed by atoms with Gasteiger partial charge in [0.1, 0.15) is 17.1 Å². The highest BCUT2D eigenvalue weighted by atomic mass is 19.1. The molecule has 1 N–H and O–H groups in total. The van der Waals surface area contributed by atoms with Crippen molar-refractivity contribution in [3.63, 3.8) is 0 Å². The number of halogens is 1. The van der Waals surface area contributed by atoms with Crippen molar-refractivity contribution in [3.05, 3.63) is 81.8 Å². The summed E-state index contributed by atoms with van der Waals surface area (Å²) < 4.78 is 22.6. The fourth-order valence-corrected chi connectivity index (χ4v) is 5.93. The maximum Gasteiger partial charge on any atom is 0.304 e. The van der Waals surface area contributed by atoms with Crippen molar-refractivity contribution in [2.45, 2.75) is 64.5 Å². The maximum atomic E-state index is 15.0. The van der Waals surface area contributed by atoms with Gasteiger partial charge in [0.2, 0.25) is 0 Å². The van der Waals surface area contributed by atoms with Crippen LogP contribution in [0.3, 0.4) is 0 Å². The second-order valence-corrected chi connectivity index (χ2v) is 10.9. The van der Waals surface area contributed by atoms with E-state index in [1.807, 2.05) is 25.1 Å². The lowest BCUT2D eigenvalue weighted by atomic mass is 9.84. The first-order chi connectivity index (χ1) is 19.9. The van der Waals surface area contributed by atoms with Gasteiger partial charge < -0.3 is 14.7 Å². The highest BCUT2D eigenvalue weighted by Crippen LogP contribution is 2.35. The summed E-state index contributed by atoms with van der Waals surface area (Å²) in [7, 11) is 0. The Balaban J connectivity index is 1.40. The number of hydrogen-bond acceptors (Lipinski definition) is 6. The van der Waals surface area contributed by atoms with E-state index in [0.717, 1.165) is 53.5 Å². The first-order valence-corrected chi connectivity index (χ1v) is 14.1. The van der Waals surface area contributed by atoms with Crippen LogP contribution in [0.25, 0.3) is 11.2 Å². The first-order valence-electron chi connectivity index (χ1n) is 14.1. The van der Waals surface area contributed by atoms with Crippen LogP contribution in [0.4, 0.5) is 4.39 Å². The van der Waals surface area contributed by atoms with Crippen LogP contribution < -0.4 is 4.74 Å². The van der Waals surface area contributed by atoms with E-state index in [9.17, 15) is 14.7 Å². The van der Waals surface area contributed by atoms with Crippen molar-refractivity contribution >= 4 is 23.0 Å². The zero-order chi connectivity index (χ0) is 28.5. The Hall–Kier alpha value is -4.34. The van der Waals surface area contributed by atoms with Gasteiger partial charge in [0.25, 0.3) is 5.91 Å². The Morgan fingerprint density at radius 3 is 2.78 bits per heavy atom. The minimum Gasteiger partial charge on any atom is -0.493 e. The number of carbonyl (C=O) groups is 2. The molecular formula is C31H32FN5O4. The molecule has 0 radical (unpaired) electrons. The topological polar surface area (TPSA) is 110 Å². The molecule has 1 amide bonds. The van der Waals surface area contributed by atoms with Gasteiger partial charge in [-0.15, -0.1) is 5.10 Å². The average Bonchev–Trinajstić information content (AvgIpc) is 3.38. The zero-order valence-corrected chi connectivity index (χ0v) is 23.0. The minimum absolute atomic E-state index is 0.0154. The van der Waals surface area contributed by atoms with E-state index >= 15 is 4.39 Å². The predicted octanol–water partition coefficient (Wildman–Crippen LogP) is 5.03. The molecular weight excluding hydrogens is 525 g/mol. The maximum absolute atomic E-state index is 15.0. The fraction of sp³-hybridized carbons (Fsp3) is 0.387. The second-order valence-electron chi connectivity index (χ2n) is 10.9. The number of aliphatic carboxylic acids is 1. The number of carboxylic acids is 1. The normalized spacial score (nSPS) is 17.9. The SMILES string of the molecule is Cc1c2cnc3c1nnn3CCCCCCOc1ccc(c(F)c1)C(=O)N1CCc3ccc(cc3C1)C2CC(=O)O. The van der Waals surface area contributed by atoms with Gasteiger partial charge in [0.15, 0.2) is 5.65 Å². The Kier molecular flexibility index (Phi) is 7.38.